The molecule has 7 heteroatoms. The summed E-state index contributed by atoms with van der Waals surface area (Å²) >= 11 is 0. The molecule has 0 amide bonds. The van der Waals surface area contributed by atoms with E-state index in [4.69, 9.17) is 0 Å². The normalized spacial score (nSPS) is 28.0. The van der Waals surface area contributed by atoms with E-state index in [1.165, 1.54) is 37.5 Å². The van der Waals surface area contributed by atoms with E-state index in [0.717, 1.165) is 12.3 Å². The number of nitro benzene ring substituents is 1. The van der Waals surface area contributed by atoms with Crippen LogP contribution in [0.3, 0.4) is 0 Å². The number of nitrogens with one attached hydrogen (secondary N) is 1. The van der Waals surface area contributed by atoms with Crippen LogP contribution in [0.2, 0.25) is 0 Å². The minimum absolute atomic E-state index is 0.0948. The highest BCUT2D eigenvalue weighted by Crippen LogP contribution is 2.49. The Labute approximate surface area is 136 Å². The van der Waals surface area contributed by atoms with E-state index in [2.05, 4.69) is 4.72 Å². The molecule has 0 radical (unpaired) electrons. The van der Waals surface area contributed by atoms with E-state index in [1.54, 1.807) is 6.92 Å². The SMILES string of the molecule is Cc1cc([N+](=O)[O-])ccc1S(=O)(=O)N[C@H](C)[C@H]1C[C@@H]2CC[C@H]1C2. The van der Waals surface area contributed by atoms with Gasteiger partial charge in [0, 0.05) is 18.2 Å². The van der Waals surface area contributed by atoms with Gasteiger partial charge in [-0.1, -0.05) is 6.42 Å². The zero-order chi connectivity index (χ0) is 16.8. The topological polar surface area (TPSA) is 89.3 Å². The van der Waals surface area contributed by atoms with Crippen LogP contribution in [-0.2, 0) is 10.0 Å². The van der Waals surface area contributed by atoms with Crippen LogP contribution in [0.25, 0.3) is 0 Å². The number of sulfonamides is 1. The molecule has 2 aliphatic rings. The van der Waals surface area contributed by atoms with Gasteiger partial charge in [0.1, 0.15) is 0 Å². The van der Waals surface area contributed by atoms with Gasteiger partial charge in [0.2, 0.25) is 10.0 Å². The van der Waals surface area contributed by atoms with Crippen molar-refractivity contribution in [1.82, 2.24) is 4.72 Å². The lowest BCUT2D eigenvalue weighted by Crippen LogP contribution is -2.40. The fraction of sp³-hybridized carbons (Fsp3) is 0.625. The lowest BCUT2D eigenvalue weighted by molar-refractivity contribution is -0.385. The summed E-state index contributed by atoms with van der Waals surface area (Å²) < 4.78 is 28.0. The van der Waals surface area contributed by atoms with Crippen LogP contribution < -0.4 is 4.72 Å². The second kappa shape index (κ2) is 5.87. The number of aryl methyl sites for hydroxylation is 1. The molecule has 0 unspecified atom stereocenters. The maximum Gasteiger partial charge on any atom is 0.269 e. The highest BCUT2D eigenvalue weighted by molar-refractivity contribution is 7.89. The molecule has 0 saturated heterocycles. The fourth-order valence-corrected chi connectivity index (χ4v) is 5.87. The Bertz CT molecular complexity index is 732. The molecule has 2 fully saturated rings. The number of nitrogens with zero attached hydrogens (tertiary/aromatic N) is 1. The largest absolute Gasteiger partial charge is 0.269 e. The van der Waals surface area contributed by atoms with Gasteiger partial charge in [-0.3, -0.25) is 10.1 Å². The van der Waals surface area contributed by atoms with E-state index < -0.39 is 14.9 Å². The number of rotatable bonds is 5. The third-order valence-electron chi connectivity index (χ3n) is 5.43. The van der Waals surface area contributed by atoms with Crippen molar-refractivity contribution in [3.8, 4) is 0 Å². The van der Waals surface area contributed by atoms with Crippen LogP contribution in [0.1, 0.15) is 38.2 Å². The molecular formula is C16H22N2O4S. The first-order chi connectivity index (χ1) is 10.8. The molecule has 0 aliphatic heterocycles. The van der Waals surface area contributed by atoms with Gasteiger partial charge in [-0.05, 0) is 62.5 Å². The Kier molecular flexibility index (Phi) is 4.18. The van der Waals surface area contributed by atoms with Crippen molar-refractivity contribution in [3.05, 3.63) is 33.9 Å². The fourth-order valence-electron chi connectivity index (χ4n) is 4.35. The molecule has 6 nitrogen and oxygen atoms in total. The van der Waals surface area contributed by atoms with E-state index >= 15 is 0 Å². The third kappa shape index (κ3) is 3.12. The van der Waals surface area contributed by atoms with Crippen molar-refractivity contribution in [2.24, 2.45) is 17.8 Å². The van der Waals surface area contributed by atoms with Crippen LogP contribution in [-0.4, -0.2) is 19.4 Å². The van der Waals surface area contributed by atoms with Gasteiger partial charge in [0.15, 0.2) is 0 Å². The van der Waals surface area contributed by atoms with Gasteiger partial charge in [-0.15, -0.1) is 0 Å². The van der Waals surface area contributed by atoms with Gasteiger partial charge in [0.25, 0.3) is 5.69 Å². The highest BCUT2D eigenvalue weighted by atomic mass is 32.2. The Morgan fingerprint density at radius 2 is 2.04 bits per heavy atom. The van der Waals surface area contributed by atoms with Gasteiger partial charge in [-0.2, -0.15) is 0 Å². The zero-order valence-corrected chi connectivity index (χ0v) is 14.2. The molecule has 4 atom stereocenters. The Hall–Kier alpha value is -1.47. The summed E-state index contributed by atoms with van der Waals surface area (Å²) in [7, 11) is -3.66. The van der Waals surface area contributed by atoms with Crippen molar-refractivity contribution >= 4 is 15.7 Å². The lowest BCUT2D eigenvalue weighted by Gasteiger charge is -2.28. The molecule has 1 N–H and O–H groups in total. The molecule has 1 aromatic rings. The summed E-state index contributed by atoms with van der Waals surface area (Å²) in [6.07, 6.45) is 4.82. The Morgan fingerprint density at radius 1 is 1.30 bits per heavy atom. The maximum absolute atomic E-state index is 12.6. The monoisotopic (exact) mass is 338 g/mol. The molecular weight excluding hydrogens is 316 g/mol. The first-order valence-corrected chi connectivity index (χ1v) is 9.53. The van der Waals surface area contributed by atoms with E-state index in [0.29, 0.717) is 17.4 Å². The molecule has 126 valence electrons. The molecule has 0 heterocycles. The third-order valence-corrected chi connectivity index (χ3v) is 7.15. The molecule has 1 aromatic carbocycles. The average molecular weight is 338 g/mol. The predicted molar refractivity (Wildman–Crippen MR) is 86.6 cm³/mol. The summed E-state index contributed by atoms with van der Waals surface area (Å²) in [6, 6.07) is 3.76. The van der Waals surface area contributed by atoms with Crippen molar-refractivity contribution < 1.29 is 13.3 Å². The summed E-state index contributed by atoms with van der Waals surface area (Å²) in [6.45, 7) is 3.52. The quantitative estimate of drug-likeness (QED) is 0.660. The summed E-state index contributed by atoms with van der Waals surface area (Å²) in [5.41, 5.74) is 0.300. The second-order valence-corrected chi connectivity index (χ2v) is 8.64. The predicted octanol–water partition coefficient (Wildman–Crippen LogP) is 3.01. The average Bonchev–Trinajstić information content (AvgIpc) is 3.08. The van der Waals surface area contributed by atoms with Crippen LogP contribution in [0.5, 0.6) is 0 Å². The molecule has 0 aromatic heterocycles. The first kappa shape index (κ1) is 16.4. The number of benzene rings is 1. The summed E-state index contributed by atoms with van der Waals surface area (Å²) in [5, 5.41) is 10.8. The van der Waals surface area contributed by atoms with Crippen molar-refractivity contribution in [2.45, 2.75) is 50.5 Å². The second-order valence-electron chi connectivity index (χ2n) is 6.96. The smallest absolute Gasteiger partial charge is 0.258 e. The van der Waals surface area contributed by atoms with Gasteiger partial charge in [-0.25, -0.2) is 13.1 Å². The molecule has 2 saturated carbocycles. The molecule has 0 spiro atoms. The van der Waals surface area contributed by atoms with Crippen LogP contribution in [0.4, 0.5) is 5.69 Å². The molecule has 2 bridgehead atoms. The van der Waals surface area contributed by atoms with Gasteiger partial charge < -0.3 is 0 Å². The zero-order valence-electron chi connectivity index (χ0n) is 13.4. The van der Waals surface area contributed by atoms with Crippen LogP contribution in [0, 0.1) is 34.8 Å². The van der Waals surface area contributed by atoms with E-state index in [-0.39, 0.29) is 16.6 Å². The molecule has 3 rings (SSSR count). The standard InChI is InChI=1S/C16H22N2O4S/c1-10-7-14(18(19)20)5-6-16(10)23(21,22)17-11(2)15-9-12-3-4-13(15)8-12/h5-7,11-13,15,17H,3-4,8-9H2,1-2H3/t11-,12-,13+,15-/m1/s1. The first-order valence-electron chi connectivity index (χ1n) is 8.05. The summed E-state index contributed by atoms with van der Waals surface area (Å²) in [5.74, 6) is 1.80. The van der Waals surface area contributed by atoms with Gasteiger partial charge in [0.05, 0.1) is 9.82 Å². The Morgan fingerprint density at radius 3 is 2.57 bits per heavy atom. The summed E-state index contributed by atoms with van der Waals surface area (Å²) in [4.78, 5) is 10.4. The number of non-ortho nitro benzene ring substituents is 1. The van der Waals surface area contributed by atoms with Crippen LogP contribution >= 0.6 is 0 Å². The van der Waals surface area contributed by atoms with Crippen molar-refractivity contribution in [2.75, 3.05) is 0 Å². The van der Waals surface area contributed by atoms with Crippen molar-refractivity contribution in [3.63, 3.8) is 0 Å². The van der Waals surface area contributed by atoms with E-state index in [1.807, 2.05) is 6.92 Å². The molecule has 23 heavy (non-hydrogen) atoms. The number of nitro groups is 1. The lowest BCUT2D eigenvalue weighted by atomic mass is 9.84. The number of fused-ring (bicyclic) bond motifs is 2. The van der Waals surface area contributed by atoms with Crippen LogP contribution in [0.15, 0.2) is 23.1 Å². The van der Waals surface area contributed by atoms with Crippen molar-refractivity contribution in [1.29, 1.82) is 0 Å². The molecule has 2 aliphatic carbocycles. The maximum atomic E-state index is 12.6. The number of hydrogen-bond acceptors (Lipinski definition) is 4. The minimum atomic E-state index is -3.66. The van der Waals surface area contributed by atoms with E-state index in [9.17, 15) is 18.5 Å². The highest BCUT2D eigenvalue weighted by Gasteiger charge is 2.42. The Balaban J connectivity index is 1.77. The number of hydrogen-bond donors (Lipinski definition) is 1. The van der Waals surface area contributed by atoms with Gasteiger partial charge >= 0.3 is 0 Å². The minimum Gasteiger partial charge on any atom is -0.258 e.